The second-order valence-electron chi connectivity index (χ2n) is 9.76. The van der Waals surface area contributed by atoms with E-state index in [1.807, 2.05) is 12.1 Å². The number of halogens is 2. The highest BCUT2D eigenvalue weighted by atomic mass is 35.5. The van der Waals surface area contributed by atoms with E-state index in [1.165, 1.54) is 6.33 Å². The summed E-state index contributed by atoms with van der Waals surface area (Å²) in [7, 11) is 5.74. The lowest BCUT2D eigenvalue weighted by Crippen LogP contribution is -2.52. The van der Waals surface area contributed by atoms with Crippen LogP contribution in [-0.2, 0) is 5.60 Å². The maximum absolute atomic E-state index is 10.6. The lowest BCUT2D eigenvalue weighted by Gasteiger charge is -2.44. The van der Waals surface area contributed by atoms with Crippen molar-refractivity contribution in [2.24, 2.45) is 0 Å². The van der Waals surface area contributed by atoms with Gasteiger partial charge in [0.15, 0.2) is 0 Å². The number of methoxy groups -OCH3 is 1. The number of rotatable bonds is 9. The van der Waals surface area contributed by atoms with Gasteiger partial charge in [0.25, 0.3) is 0 Å². The SMILES string of the molecule is COc1cc(N2CC[C@@H]2CN(C)C)c(N)cc1Nc1ncnc(Nc2cc(Cl)c(Cl)cc2C(C)(C)O)n1. The summed E-state index contributed by atoms with van der Waals surface area (Å²) < 4.78 is 5.65. The summed E-state index contributed by atoms with van der Waals surface area (Å²) in [6.45, 7) is 5.21. The summed E-state index contributed by atoms with van der Waals surface area (Å²) >= 11 is 12.4. The molecule has 1 fully saturated rings. The van der Waals surface area contributed by atoms with Crippen molar-refractivity contribution in [2.75, 3.05) is 55.6 Å². The quantitative estimate of drug-likeness (QED) is 0.282. The Balaban J connectivity index is 1.58. The van der Waals surface area contributed by atoms with Crippen molar-refractivity contribution in [3.63, 3.8) is 0 Å². The number of nitrogens with one attached hydrogen (secondary N) is 2. The Kier molecular flexibility index (Phi) is 7.84. The number of aromatic nitrogens is 3. The van der Waals surface area contributed by atoms with Gasteiger partial charge in [-0.15, -0.1) is 0 Å². The molecule has 37 heavy (non-hydrogen) atoms. The van der Waals surface area contributed by atoms with Gasteiger partial charge >= 0.3 is 0 Å². The van der Waals surface area contributed by atoms with Gasteiger partial charge in [-0.2, -0.15) is 4.98 Å². The zero-order valence-electron chi connectivity index (χ0n) is 21.5. The second kappa shape index (κ2) is 10.7. The van der Waals surface area contributed by atoms with Crippen LogP contribution in [0.15, 0.2) is 30.6 Å². The van der Waals surface area contributed by atoms with Gasteiger partial charge in [-0.1, -0.05) is 23.2 Å². The van der Waals surface area contributed by atoms with Crippen molar-refractivity contribution >= 4 is 57.8 Å². The van der Waals surface area contributed by atoms with Crippen LogP contribution in [0, 0.1) is 0 Å². The Hall–Kier alpha value is -3.05. The number of nitrogens with zero attached hydrogens (tertiary/aromatic N) is 5. The molecule has 0 bridgehead atoms. The highest BCUT2D eigenvalue weighted by Gasteiger charge is 2.30. The van der Waals surface area contributed by atoms with Crippen LogP contribution < -0.4 is 26.0 Å². The molecule has 3 aromatic rings. The van der Waals surface area contributed by atoms with E-state index in [0.29, 0.717) is 44.5 Å². The zero-order valence-corrected chi connectivity index (χ0v) is 23.0. The van der Waals surface area contributed by atoms with Crippen molar-refractivity contribution in [1.82, 2.24) is 19.9 Å². The average molecular weight is 547 g/mol. The maximum Gasteiger partial charge on any atom is 0.232 e. The minimum atomic E-state index is -1.18. The fraction of sp³-hybridized carbons (Fsp3) is 0.400. The van der Waals surface area contributed by atoms with Gasteiger partial charge in [-0.25, -0.2) is 9.97 Å². The zero-order chi connectivity index (χ0) is 26.9. The molecule has 0 aliphatic carbocycles. The number of aliphatic hydroxyl groups is 1. The van der Waals surface area contributed by atoms with Crippen LogP contribution in [0.25, 0.3) is 0 Å². The third kappa shape index (κ3) is 6.10. The molecule has 2 heterocycles. The molecule has 0 radical (unpaired) electrons. The maximum atomic E-state index is 10.6. The van der Waals surface area contributed by atoms with E-state index >= 15 is 0 Å². The van der Waals surface area contributed by atoms with Crippen LogP contribution in [-0.4, -0.2) is 65.3 Å². The van der Waals surface area contributed by atoms with Gasteiger partial charge in [0.05, 0.1) is 39.8 Å². The van der Waals surface area contributed by atoms with E-state index in [4.69, 9.17) is 33.7 Å². The van der Waals surface area contributed by atoms with Gasteiger partial charge in [-0.05, 0) is 52.6 Å². The van der Waals surface area contributed by atoms with Crippen LogP contribution in [0.5, 0.6) is 5.75 Å². The molecule has 0 amide bonds. The van der Waals surface area contributed by atoms with E-state index in [2.05, 4.69) is 49.5 Å². The number of hydrogen-bond acceptors (Lipinski definition) is 10. The molecule has 0 saturated carbocycles. The van der Waals surface area contributed by atoms with Gasteiger partial charge in [0, 0.05) is 36.4 Å². The summed E-state index contributed by atoms with van der Waals surface area (Å²) in [4.78, 5) is 17.4. The van der Waals surface area contributed by atoms with Crippen LogP contribution in [0.3, 0.4) is 0 Å². The van der Waals surface area contributed by atoms with Crippen LogP contribution >= 0.6 is 23.2 Å². The first-order valence-corrected chi connectivity index (χ1v) is 12.6. The largest absolute Gasteiger partial charge is 0.494 e. The smallest absolute Gasteiger partial charge is 0.232 e. The van der Waals surface area contributed by atoms with E-state index in [1.54, 1.807) is 33.1 Å². The standard InChI is InChI=1S/C25H32Cl2N8O2/c1-25(2,36)15-8-16(26)17(27)9-19(15)31-23-29-13-30-24(33-23)32-20-10-18(28)21(11-22(20)37-5)35-7-6-14(35)12-34(3)4/h8-11,13-14,36H,6-7,12,28H2,1-5H3,(H2,29,30,31,32,33)/t14-/m1/s1. The first-order valence-electron chi connectivity index (χ1n) is 11.8. The Morgan fingerprint density at radius 2 is 1.76 bits per heavy atom. The van der Waals surface area contributed by atoms with Crippen molar-refractivity contribution in [3.05, 3.63) is 46.2 Å². The van der Waals surface area contributed by atoms with Crippen molar-refractivity contribution in [2.45, 2.75) is 31.9 Å². The molecule has 12 heteroatoms. The summed E-state index contributed by atoms with van der Waals surface area (Å²) in [6, 6.07) is 7.40. The number of anilines is 6. The molecule has 1 aliphatic rings. The molecule has 2 aromatic carbocycles. The molecule has 1 aromatic heterocycles. The summed E-state index contributed by atoms with van der Waals surface area (Å²) in [5.41, 5.74) is 8.53. The molecular weight excluding hydrogens is 515 g/mol. The van der Waals surface area contributed by atoms with Gasteiger partial charge in [0.1, 0.15) is 12.1 Å². The molecule has 1 saturated heterocycles. The molecule has 4 rings (SSSR count). The Morgan fingerprint density at radius 3 is 2.32 bits per heavy atom. The number of ether oxygens (including phenoxy) is 1. The van der Waals surface area contributed by atoms with Crippen molar-refractivity contribution in [1.29, 1.82) is 0 Å². The molecule has 0 unspecified atom stereocenters. The highest BCUT2D eigenvalue weighted by Crippen LogP contribution is 2.40. The summed E-state index contributed by atoms with van der Waals surface area (Å²) in [5, 5.41) is 17.5. The minimum Gasteiger partial charge on any atom is -0.494 e. The molecule has 0 spiro atoms. The van der Waals surface area contributed by atoms with E-state index in [9.17, 15) is 5.11 Å². The normalized spacial score (nSPS) is 15.5. The number of benzene rings is 2. The number of likely N-dealkylation sites (N-methyl/N-ethyl adjacent to an activating group) is 1. The Labute approximate surface area is 226 Å². The van der Waals surface area contributed by atoms with Crippen LogP contribution in [0.2, 0.25) is 10.0 Å². The van der Waals surface area contributed by atoms with Crippen LogP contribution in [0.4, 0.5) is 34.6 Å². The van der Waals surface area contributed by atoms with Gasteiger partial charge < -0.3 is 36.0 Å². The molecule has 198 valence electrons. The molecule has 1 atom stereocenters. The second-order valence-corrected chi connectivity index (χ2v) is 10.6. The van der Waals surface area contributed by atoms with Gasteiger partial charge in [-0.3, -0.25) is 0 Å². The topological polar surface area (TPSA) is 125 Å². The predicted molar refractivity (Wildman–Crippen MR) is 150 cm³/mol. The first-order chi connectivity index (χ1) is 17.5. The first kappa shape index (κ1) is 27.0. The third-order valence-corrected chi connectivity index (χ3v) is 6.88. The number of hydrogen-bond donors (Lipinski definition) is 4. The summed E-state index contributed by atoms with van der Waals surface area (Å²) in [5.74, 6) is 1.14. The Morgan fingerprint density at radius 1 is 1.11 bits per heavy atom. The molecule has 1 aliphatic heterocycles. The van der Waals surface area contributed by atoms with Crippen LogP contribution in [0.1, 0.15) is 25.8 Å². The average Bonchev–Trinajstić information content (AvgIpc) is 2.80. The third-order valence-electron chi connectivity index (χ3n) is 6.16. The van der Waals surface area contributed by atoms with Crippen molar-refractivity contribution < 1.29 is 9.84 Å². The minimum absolute atomic E-state index is 0.247. The summed E-state index contributed by atoms with van der Waals surface area (Å²) in [6.07, 6.45) is 2.49. The van der Waals surface area contributed by atoms with E-state index < -0.39 is 5.60 Å². The highest BCUT2D eigenvalue weighted by molar-refractivity contribution is 6.42. The van der Waals surface area contributed by atoms with Gasteiger partial charge in [0.2, 0.25) is 11.9 Å². The fourth-order valence-electron chi connectivity index (χ4n) is 4.28. The van der Waals surface area contributed by atoms with E-state index in [0.717, 1.165) is 25.2 Å². The lowest BCUT2D eigenvalue weighted by molar-refractivity contribution is 0.0794. The lowest BCUT2D eigenvalue weighted by atomic mass is 9.96. The fourth-order valence-corrected chi connectivity index (χ4v) is 4.61. The predicted octanol–water partition coefficient (Wildman–Crippen LogP) is 4.62. The monoisotopic (exact) mass is 546 g/mol. The van der Waals surface area contributed by atoms with Crippen molar-refractivity contribution in [3.8, 4) is 5.75 Å². The Bertz CT molecular complexity index is 1280. The number of nitrogens with two attached hydrogens (primary N) is 1. The van der Waals surface area contributed by atoms with E-state index in [-0.39, 0.29) is 11.9 Å². The molecule has 10 nitrogen and oxygen atoms in total. The number of nitrogen functional groups attached to an aromatic ring is 1. The molecule has 5 N–H and O–H groups in total. The molecular formula is C25H32Cl2N8O2.